The molecule has 1 heterocycles. The molecule has 0 saturated carbocycles. The fourth-order valence-electron chi connectivity index (χ4n) is 7.14. The van der Waals surface area contributed by atoms with Crippen LogP contribution in [0.2, 0.25) is 0 Å². The topological polar surface area (TPSA) is 44.1 Å². The Morgan fingerprint density at radius 2 is 0.870 bits per heavy atom. The molecule has 0 fully saturated rings. The van der Waals surface area contributed by atoms with Gasteiger partial charge in [0.15, 0.2) is 5.54 Å². The Kier molecular flexibility index (Phi) is 29.2. The SMILES string of the molecule is CCCCCCCCCCCCCCCCCCC1=[N+](NC(=O)CCCCCCCCCCCCCCCCC)C(C)(CC)CN1. The number of carbonyl (C=O) groups is 1. The Morgan fingerprint density at radius 3 is 1.22 bits per heavy atom. The lowest BCUT2D eigenvalue weighted by molar-refractivity contribution is -0.636. The second-order valence-corrected chi connectivity index (χ2v) is 15.3. The summed E-state index contributed by atoms with van der Waals surface area (Å²) in [5.41, 5.74) is 3.30. The van der Waals surface area contributed by atoms with Crippen LogP contribution < -0.4 is 10.7 Å². The summed E-state index contributed by atoms with van der Waals surface area (Å²) in [6, 6.07) is 0. The standard InChI is InChI=1S/C42H83N3O/c1-5-8-10-12-14-16-18-20-22-24-25-27-29-31-33-35-37-40-43-39-42(4,7-3)45(40)44-41(46)38-36-34-32-30-28-26-23-21-19-17-15-13-11-9-6-2/h5-39H2,1-4H3,(H,44,46)/p+1. The van der Waals surface area contributed by atoms with Gasteiger partial charge in [0.2, 0.25) is 0 Å². The summed E-state index contributed by atoms with van der Waals surface area (Å²) in [7, 11) is 0. The van der Waals surface area contributed by atoms with Gasteiger partial charge in [-0.2, -0.15) is 10.1 Å². The minimum Gasteiger partial charge on any atom is -0.272 e. The van der Waals surface area contributed by atoms with E-state index in [0.29, 0.717) is 6.42 Å². The molecule has 1 rings (SSSR count). The zero-order valence-electron chi connectivity index (χ0n) is 32.1. The van der Waals surface area contributed by atoms with Crippen LogP contribution in [0.1, 0.15) is 246 Å². The van der Waals surface area contributed by atoms with Gasteiger partial charge in [-0.15, -0.1) is 0 Å². The quantitative estimate of drug-likeness (QED) is 0.0531. The van der Waals surface area contributed by atoms with Gasteiger partial charge in [0.05, 0.1) is 6.42 Å². The largest absolute Gasteiger partial charge is 0.272 e. The van der Waals surface area contributed by atoms with E-state index in [1.54, 1.807) is 0 Å². The zero-order valence-corrected chi connectivity index (χ0v) is 32.1. The number of hydrazine groups is 1. The summed E-state index contributed by atoms with van der Waals surface area (Å²) in [5.74, 6) is 1.43. The van der Waals surface area contributed by atoms with Gasteiger partial charge in [0.1, 0.15) is 6.54 Å². The summed E-state index contributed by atoms with van der Waals surface area (Å²) < 4.78 is 2.21. The lowest BCUT2D eigenvalue weighted by Crippen LogP contribution is -2.49. The first kappa shape index (κ1) is 43.0. The lowest BCUT2D eigenvalue weighted by atomic mass is 10.0. The molecule has 46 heavy (non-hydrogen) atoms. The van der Waals surface area contributed by atoms with E-state index in [4.69, 9.17) is 0 Å². The van der Waals surface area contributed by atoms with Crippen molar-refractivity contribution in [2.75, 3.05) is 6.54 Å². The van der Waals surface area contributed by atoms with Crippen LogP contribution in [0.25, 0.3) is 0 Å². The Bertz CT molecular complexity index is 720. The highest BCUT2D eigenvalue weighted by Crippen LogP contribution is 2.20. The number of unbranched alkanes of at least 4 members (excludes halogenated alkanes) is 29. The maximum Gasteiger partial charge on any atom is 0.269 e. The molecule has 0 saturated heterocycles. The first-order chi connectivity index (χ1) is 22.6. The van der Waals surface area contributed by atoms with Crippen molar-refractivity contribution in [2.24, 2.45) is 0 Å². The third kappa shape index (κ3) is 23.3. The van der Waals surface area contributed by atoms with Crippen molar-refractivity contribution in [3.05, 3.63) is 0 Å². The molecule has 0 radical (unpaired) electrons. The molecule has 0 aromatic carbocycles. The third-order valence-corrected chi connectivity index (χ3v) is 10.8. The van der Waals surface area contributed by atoms with E-state index in [9.17, 15) is 4.79 Å². The normalized spacial score (nSPS) is 16.3. The van der Waals surface area contributed by atoms with Crippen molar-refractivity contribution < 1.29 is 9.48 Å². The van der Waals surface area contributed by atoms with E-state index >= 15 is 0 Å². The Balaban J connectivity index is 2.07. The summed E-state index contributed by atoms with van der Waals surface area (Å²) in [4.78, 5) is 12.9. The number of amidine groups is 1. The van der Waals surface area contributed by atoms with Crippen molar-refractivity contribution in [3.8, 4) is 0 Å². The van der Waals surface area contributed by atoms with E-state index in [2.05, 4.69) is 43.1 Å². The van der Waals surface area contributed by atoms with E-state index in [1.165, 1.54) is 198 Å². The van der Waals surface area contributed by atoms with Crippen molar-refractivity contribution >= 4 is 11.7 Å². The lowest BCUT2D eigenvalue weighted by Gasteiger charge is -2.22. The molecule has 1 unspecified atom stereocenters. The van der Waals surface area contributed by atoms with E-state index in [1.807, 2.05) is 0 Å². The zero-order chi connectivity index (χ0) is 33.4. The van der Waals surface area contributed by atoms with E-state index in [-0.39, 0.29) is 11.4 Å². The molecular weight excluding hydrogens is 562 g/mol. The van der Waals surface area contributed by atoms with Gasteiger partial charge in [0.25, 0.3) is 11.7 Å². The molecule has 1 aliphatic heterocycles. The smallest absolute Gasteiger partial charge is 0.269 e. The molecule has 1 amide bonds. The molecule has 0 aromatic rings. The van der Waals surface area contributed by atoms with Crippen LogP contribution in [0.15, 0.2) is 0 Å². The van der Waals surface area contributed by atoms with Crippen LogP contribution in [0.3, 0.4) is 0 Å². The van der Waals surface area contributed by atoms with Gasteiger partial charge in [-0.1, -0.05) is 207 Å². The first-order valence-corrected chi connectivity index (χ1v) is 21.3. The number of hydrazone groups is 1. The second kappa shape index (κ2) is 31.2. The number of nitrogens with zero attached hydrogens (tertiary/aromatic N) is 1. The molecule has 1 atom stereocenters. The van der Waals surface area contributed by atoms with Gasteiger partial charge in [0, 0.05) is 6.42 Å². The average molecular weight is 647 g/mol. The maximum absolute atomic E-state index is 12.9. The molecule has 0 spiro atoms. The molecule has 4 heteroatoms. The minimum absolute atomic E-state index is 0.0188. The molecule has 2 N–H and O–H groups in total. The molecule has 4 nitrogen and oxygen atoms in total. The highest BCUT2D eigenvalue weighted by atomic mass is 16.2. The number of carbonyl (C=O) groups excluding carboxylic acids is 1. The van der Waals surface area contributed by atoms with E-state index in [0.717, 1.165) is 25.8 Å². The van der Waals surface area contributed by atoms with Gasteiger partial charge in [-0.25, -0.2) is 0 Å². The van der Waals surface area contributed by atoms with Gasteiger partial charge < -0.3 is 0 Å². The van der Waals surface area contributed by atoms with Crippen LogP contribution in [-0.2, 0) is 4.79 Å². The summed E-state index contributed by atoms with van der Waals surface area (Å²) in [5, 5.41) is 3.66. The van der Waals surface area contributed by atoms with Crippen LogP contribution in [0.5, 0.6) is 0 Å². The Labute approximate surface area is 289 Å². The number of amides is 1. The van der Waals surface area contributed by atoms with Crippen LogP contribution in [-0.4, -0.2) is 28.5 Å². The molecule has 0 bridgehead atoms. The fraction of sp³-hybridized carbons (Fsp3) is 0.952. The van der Waals surface area contributed by atoms with Crippen molar-refractivity contribution in [2.45, 2.75) is 252 Å². The Morgan fingerprint density at radius 1 is 0.543 bits per heavy atom. The first-order valence-electron chi connectivity index (χ1n) is 21.3. The fourth-order valence-corrected chi connectivity index (χ4v) is 7.14. The second-order valence-electron chi connectivity index (χ2n) is 15.3. The van der Waals surface area contributed by atoms with Crippen LogP contribution in [0, 0.1) is 0 Å². The highest BCUT2D eigenvalue weighted by molar-refractivity contribution is 5.80. The number of rotatable bonds is 35. The molecule has 272 valence electrons. The predicted octanol–water partition coefficient (Wildman–Crippen LogP) is 13.1. The molecular formula is C42H84N3O+. The monoisotopic (exact) mass is 647 g/mol. The van der Waals surface area contributed by atoms with Gasteiger partial charge in [-0.3, -0.25) is 10.1 Å². The van der Waals surface area contributed by atoms with Crippen LogP contribution in [0.4, 0.5) is 0 Å². The Hall–Kier alpha value is -1.06. The molecule has 0 aromatic heterocycles. The summed E-state index contributed by atoms with van der Waals surface area (Å²) >= 11 is 0. The predicted molar refractivity (Wildman–Crippen MR) is 204 cm³/mol. The summed E-state index contributed by atoms with van der Waals surface area (Å²) in [6.45, 7) is 10.0. The number of nitrogens with one attached hydrogen (secondary N) is 2. The molecule has 0 aliphatic carbocycles. The summed E-state index contributed by atoms with van der Waals surface area (Å²) in [6.07, 6.45) is 45.5. The van der Waals surface area contributed by atoms with Crippen molar-refractivity contribution in [1.29, 1.82) is 0 Å². The maximum atomic E-state index is 12.9. The van der Waals surface area contributed by atoms with Crippen LogP contribution >= 0.6 is 0 Å². The number of hydrogen-bond donors (Lipinski definition) is 2. The molecule has 1 aliphatic rings. The minimum atomic E-state index is -0.0188. The van der Waals surface area contributed by atoms with Crippen molar-refractivity contribution in [3.63, 3.8) is 0 Å². The van der Waals surface area contributed by atoms with Gasteiger partial charge >= 0.3 is 0 Å². The highest BCUT2D eigenvalue weighted by Gasteiger charge is 2.42. The third-order valence-electron chi connectivity index (χ3n) is 10.8. The van der Waals surface area contributed by atoms with Crippen molar-refractivity contribution in [1.82, 2.24) is 10.7 Å². The number of hydrogen-bond acceptors (Lipinski definition) is 2. The van der Waals surface area contributed by atoms with Gasteiger partial charge in [-0.05, 0) is 26.2 Å². The average Bonchev–Trinajstić information content (AvgIpc) is 3.37. The van der Waals surface area contributed by atoms with E-state index < -0.39 is 0 Å².